The smallest absolute Gasteiger partial charge is 0.240 e. The van der Waals surface area contributed by atoms with Crippen molar-refractivity contribution in [1.82, 2.24) is 4.90 Å². The van der Waals surface area contributed by atoms with Crippen LogP contribution in [0.25, 0.3) is 0 Å². The molecule has 1 atom stereocenters. The molecule has 1 fully saturated rings. The van der Waals surface area contributed by atoms with Crippen LogP contribution in [-0.4, -0.2) is 28.0 Å². The minimum absolute atomic E-state index is 0.0456. The largest absolute Gasteiger partial charge is 0.508 e. The third-order valence-corrected chi connectivity index (χ3v) is 3.72. The highest BCUT2D eigenvalue weighted by molar-refractivity contribution is 5.82. The second-order valence-corrected chi connectivity index (χ2v) is 5.62. The highest BCUT2D eigenvalue weighted by Crippen LogP contribution is 2.29. The van der Waals surface area contributed by atoms with Crippen molar-refractivity contribution in [2.45, 2.75) is 57.7 Å². The molecule has 0 spiro atoms. The first-order valence-corrected chi connectivity index (χ1v) is 7.45. The SMILES string of the molecule is CCCCC(N)C(=O)N(Cc1cccc(O)c1)C1CC1. The van der Waals surface area contributed by atoms with Gasteiger partial charge in [0.05, 0.1) is 6.04 Å². The summed E-state index contributed by atoms with van der Waals surface area (Å²) in [4.78, 5) is 14.3. The number of nitrogens with zero attached hydrogens (tertiary/aromatic N) is 1. The fourth-order valence-corrected chi connectivity index (χ4v) is 2.39. The summed E-state index contributed by atoms with van der Waals surface area (Å²) in [7, 11) is 0. The van der Waals surface area contributed by atoms with Gasteiger partial charge in [-0.2, -0.15) is 0 Å². The van der Waals surface area contributed by atoms with E-state index in [0.29, 0.717) is 12.6 Å². The molecule has 3 N–H and O–H groups in total. The van der Waals surface area contributed by atoms with E-state index in [4.69, 9.17) is 5.73 Å². The van der Waals surface area contributed by atoms with Gasteiger partial charge in [-0.25, -0.2) is 0 Å². The topological polar surface area (TPSA) is 66.6 Å². The summed E-state index contributed by atoms with van der Waals surface area (Å²) in [6.45, 7) is 2.64. The van der Waals surface area contributed by atoms with Crippen molar-refractivity contribution in [2.24, 2.45) is 5.73 Å². The molecule has 0 radical (unpaired) electrons. The van der Waals surface area contributed by atoms with E-state index in [2.05, 4.69) is 6.92 Å². The van der Waals surface area contributed by atoms with Gasteiger partial charge in [-0.1, -0.05) is 31.9 Å². The Morgan fingerprint density at radius 1 is 1.50 bits per heavy atom. The maximum Gasteiger partial charge on any atom is 0.240 e. The number of carbonyl (C=O) groups is 1. The van der Waals surface area contributed by atoms with Crippen molar-refractivity contribution >= 4 is 5.91 Å². The van der Waals surface area contributed by atoms with Crippen LogP contribution < -0.4 is 5.73 Å². The number of phenols is 1. The maximum atomic E-state index is 12.5. The van der Waals surface area contributed by atoms with Crippen molar-refractivity contribution in [3.63, 3.8) is 0 Å². The van der Waals surface area contributed by atoms with Crippen molar-refractivity contribution in [2.75, 3.05) is 0 Å². The Kier molecular flexibility index (Phi) is 5.01. The fourth-order valence-electron chi connectivity index (χ4n) is 2.39. The van der Waals surface area contributed by atoms with E-state index in [-0.39, 0.29) is 11.7 Å². The standard InChI is InChI=1S/C16H24N2O2/c1-2-3-7-15(17)16(20)18(13-8-9-13)11-12-5-4-6-14(19)10-12/h4-6,10,13,15,19H,2-3,7-9,11,17H2,1H3. The highest BCUT2D eigenvalue weighted by atomic mass is 16.3. The summed E-state index contributed by atoms with van der Waals surface area (Å²) in [6.07, 6.45) is 4.91. The van der Waals surface area contributed by atoms with Crippen LogP contribution >= 0.6 is 0 Å². The van der Waals surface area contributed by atoms with Crippen molar-refractivity contribution in [1.29, 1.82) is 0 Å². The van der Waals surface area contributed by atoms with Crippen LogP contribution in [0.2, 0.25) is 0 Å². The lowest BCUT2D eigenvalue weighted by atomic mass is 10.1. The van der Waals surface area contributed by atoms with E-state index in [1.54, 1.807) is 18.2 Å². The number of rotatable bonds is 7. The average molecular weight is 276 g/mol. The van der Waals surface area contributed by atoms with Crippen LogP contribution in [-0.2, 0) is 11.3 Å². The lowest BCUT2D eigenvalue weighted by molar-refractivity contribution is -0.134. The molecule has 0 aliphatic heterocycles. The fraction of sp³-hybridized carbons (Fsp3) is 0.562. The van der Waals surface area contributed by atoms with Crippen LogP contribution in [0.1, 0.15) is 44.6 Å². The minimum Gasteiger partial charge on any atom is -0.508 e. The molecule has 0 saturated heterocycles. The van der Waals surface area contributed by atoms with Gasteiger partial charge in [0.2, 0.25) is 5.91 Å². The predicted molar refractivity (Wildman–Crippen MR) is 79.2 cm³/mol. The summed E-state index contributed by atoms with van der Waals surface area (Å²) >= 11 is 0. The van der Waals surface area contributed by atoms with Crippen molar-refractivity contribution in [3.8, 4) is 5.75 Å². The zero-order chi connectivity index (χ0) is 14.5. The molecule has 110 valence electrons. The zero-order valence-corrected chi connectivity index (χ0v) is 12.1. The van der Waals surface area contributed by atoms with Gasteiger partial charge in [0, 0.05) is 12.6 Å². The Morgan fingerprint density at radius 3 is 2.85 bits per heavy atom. The Bertz CT molecular complexity index is 458. The molecule has 1 saturated carbocycles. The van der Waals surface area contributed by atoms with E-state index in [9.17, 15) is 9.90 Å². The second kappa shape index (κ2) is 6.75. The number of benzene rings is 1. The number of nitrogens with two attached hydrogens (primary N) is 1. The molecule has 1 unspecified atom stereocenters. The summed E-state index contributed by atoms with van der Waals surface area (Å²) in [5, 5.41) is 9.52. The van der Waals surface area contributed by atoms with E-state index in [1.165, 1.54) is 0 Å². The normalized spacial score (nSPS) is 15.9. The van der Waals surface area contributed by atoms with Crippen molar-refractivity contribution in [3.05, 3.63) is 29.8 Å². The maximum absolute atomic E-state index is 12.5. The summed E-state index contributed by atoms with van der Waals surface area (Å²) in [6, 6.07) is 7.02. The number of phenolic OH excluding ortho intramolecular Hbond substituents is 1. The molecule has 0 bridgehead atoms. The number of hydrogen-bond acceptors (Lipinski definition) is 3. The monoisotopic (exact) mass is 276 g/mol. The van der Waals surface area contributed by atoms with Gasteiger partial charge in [0.25, 0.3) is 0 Å². The predicted octanol–water partition coefficient (Wildman–Crippen LogP) is 2.40. The van der Waals surface area contributed by atoms with Crippen LogP contribution in [0.3, 0.4) is 0 Å². The summed E-state index contributed by atoms with van der Waals surface area (Å²) in [5.41, 5.74) is 6.96. The summed E-state index contributed by atoms with van der Waals surface area (Å²) < 4.78 is 0. The first kappa shape index (κ1) is 14.9. The lowest BCUT2D eigenvalue weighted by Gasteiger charge is -2.26. The Labute approximate surface area is 120 Å². The Morgan fingerprint density at radius 2 is 2.25 bits per heavy atom. The van der Waals surface area contributed by atoms with Crippen LogP contribution in [0, 0.1) is 0 Å². The van der Waals surface area contributed by atoms with E-state index < -0.39 is 6.04 Å². The van der Waals surface area contributed by atoms with Crippen LogP contribution in [0.5, 0.6) is 5.75 Å². The third-order valence-electron chi connectivity index (χ3n) is 3.72. The highest BCUT2D eigenvalue weighted by Gasteiger charge is 2.34. The first-order valence-electron chi connectivity index (χ1n) is 7.45. The Hall–Kier alpha value is -1.55. The van der Waals surface area contributed by atoms with Gasteiger partial charge >= 0.3 is 0 Å². The van der Waals surface area contributed by atoms with Gasteiger partial charge < -0.3 is 15.7 Å². The van der Waals surface area contributed by atoms with Crippen molar-refractivity contribution < 1.29 is 9.90 Å². The molecule has 1 amide bonds. The van der Waals surface area contributed by atoms with Crippen LogP contribution in [0.4, 0.5) is 0 Å². The quantitative estimate of drug-likeness (QED) is 0.803. The van der Waals surface area contributed by atoms with Crippen LogP contribution in [0.15, 0.2) is 24.3 Å². The number of unbranched alkanes of at least 4 members (excludes halogenated alkanes) is 1. The molecule has 4 nitrogen and oxygen atoms in total. The molecule has 1 aromatic carbocycles. The van der Waals surface area contributed by atoms with E-state index in [1.807, 2.05) is 11.0 Å². The van der Waals surface area contributed by atoms with Gasteiger partial charge in [0.15, 0.2) is 0 Å². The number of carbonyl (C=O) groups excluding carboxylic acids is 1. The van der Waals surface area contributed by atoms with Gasteiger partial charge in [-0.15, -0.1) is 0 Å². The van der Waals surface area contributed by atoms with Gasteiger partial charge in [-0.3, -0.25) is 4.79 Å². The number of aromatic hydroxyl groups is 1. The first-order chi connectivity index (χ1) is 9.61. The lowest BCUT2D eigenvalue weighted by Crippen LogP contribution is -2.44. The van der Waals surface area contributed by atoms with Gasteiger partial charge in [-0.05, 0) is 37.0 Å². The molecule has 2 rings (SSSR count). The molecular weight excluding hydrogens is 252 g/mol. The molecular formula is C16H24N2O2. The van der Waals surface area contributed by atoms with E-state index >= 15 is 0 Å². The molecule has 0 aromatic heterocycles. The molecule has 1 aromatic rings. The average Bonchev–Trinajstić information content (AvgIpc) is 3.26. The number of hydrogen-bond donors (Lipinski definition) is 2. The zero-order valence-electron chi connectivity index (χ0n) is 12.1. The molecule has 4 heteroatoms. The molecule has 20 heavy (non-hydrogen) atoms. The number of amides is 1. The molecule has 1 aliphatic carbocycles. The molecule has 1 aliphatic rings. The van der Waals surface area contributed by atoms with Gasteiger partial charge in [0.1, 0.15) is 5.75 Å². The Balaban J connectivity index is 2.01. The minimum atomic E-state index is -0.396. The second-order valence-electron chi connectivity index (χ2n) is 5.62. The summed E-state index contributed by atoms with van der Waals surface area (Å²) in [5.74, 6) is 0.283. The molecule has 0 heterocycles. The van der Waals surface area contributed by atoms with E-state index in [0.717, 1.165) is 37.7 Å². The third kappa shape index (κ3) is 3.97.